The zero-order valence-electron chi connectivity index (χ0n) is 14.7. The molecule has 0 heterocycles. The van der Waals surface area contributed by atoms with Crippen molar-refractivity contribution in [3.8, 4) is 5.75 Å². The van der Waals surface area contributed by atoms with Crippen LogP contribution in [0, 0.1) is 0 Å². The minimum Gasteiger partial charge on any atom is -0.493 e. The first-order valence-corrected chi connectivity index (χ1v) is 8.58. The summed E-state index contributed by atoms with van der Waals surface area (Å²) in [4.78, 5) is 25.6. The zero-order valence-corrected chi connectivity index (χ0v) is 15.5. The SMILES string of the molecule is CCOc1ccccc1C=CC(=O)N(C)CC(=O)Nc1ccccc1Cl. The number of anilines is 1. The summed E-state index contributed by atoms with van der Waals surface area (Å²) in [5, 5.41) is 3.13. The normalized spacial score (nSPS) is 10.6. The van der Waals surface area contributed by atoms with Gasteiger partial charge in [0.2, 0.25) is 11.8 Å². The number of para-hydroxylation sites is 2. The molecule has 0 aromatic heterocycles. The Morgan fingerprint density at radius 2 is 1.85 bits per heavy atom. The fourth-order valence-corrected chi connectivity index (χ4v) is 2.42. The van der Waals surface area contributed by atoms with Crippen molar-refractivity contribution >= 4 is 35.2 Å². The van der Waals surface area contributed by atoms with E-state index >= 15 is 0 Å². The molecule has 1 N–H and O–H groups in total. The maximum Gasteiger partial charge on any atom is 0.246 e. The van der Waals surface area contributed by atoms with E-state index in [2.05, 4.69) is 5.32 Å². The average molecular weight is 373 g/mol. The second-order valence-corrected chi connectivity index (χ2v) is 5.93. The predicted octanol–water partition coefficient (Wildman–Crippen LogP) is 3.85. The van der Waals surface area contributed by atoms with Crippen molar-refractivity contribution in [1.29, 1.82) is 0 Å². The fourth-order valence-electron chi connectivity index (χ4n) is 2.24. The molecule has 0 atom stereocenters. The van der Waals surface area contributed by atoms with Crippen molar-refractivity contribution in [2.75, 3.05) is 25.5 Å². The van der Waals surface area contributed by atoms with E-state index in [1.54, 1.807) is 37.4 Å². The van der Waals surface area contributed by atoms with Gasteiger partial charge in [-0.05, 0) is 31.2 Å². The highest BCUT2D eigenvalue weighted by Crippen LogP contribution is 2.21. The Bertz CT molecular complexity index is 805. The number of hydrogen-bond acceptors (Lipinski definition) is 3. The van der Waals surface area contributed by atoms with Crippen LogP contribution in [0.1, 0.15) is 12.5 Å². The smallest absolute Gasteiger partial charge is 0.246 e. The standard InChI is InChI=1S/C20H21ClN2O3/c1-3-26-18-11-7-4-8-15(18)12-13-20(25)23(2)14-19(24)22-17-10-6-5-9-16(17)21/h4-13H,3,14H2,1-2H3,(H,22,24). The molecule has 0 bridgehead atoms. The Morgan fingerprint density at radius 1 is 1.15 bits per heavy atom. The fraction of sp³-hybridized carbons (Fsp3) is 0.200. The Balaban J connectivity index is 1.95. The van der Waals surface area contributed by atoms with E-state index in [9.17, 15) is 9.59 Å². The Labute approximate surface area is 158 Å². The van der Waals surface area contributed by atoms with Gasteiger partial charge < -0.3 is 15.0 Å². The van der Waals surface area contributed by atoms with Crippen LogP contribution in [0.15, 0.2) is 54.6 Å². The van der Waals surface area contributed by atoms with E-state index < -0.39 is 0 Å². The molecule has 2 amide bonds. The molecule has 0 aliphatic rings. The molecular weight excluding hydrogens is 352 g/mol. The Morgan fingerprint density at radius 3 is 2.58 bits per heavy atom. The number of carbonyl (C=O) groups is 2. The average Bonchev–Trinajstić information content (AvgIpc) is 2.62. The predicted molar refractivity (Wildman–Crippen MR) is 104 cm³/mol. The minimum absolute atomic E-state index is 0.0818. The van der Waals surface area contributed by atoms with Crippen molar-refractivity contribution in [3.63, 3.8) is 0 Å². The van der Waals surface area contributed by atoms with Crippen LogP contribution in [-0.2, 0) is 9.59 Å². The summed E-state index contributed by atoms with van der Waals surface area (Å²) in [5.74, 6) is 0.0980. The highest BCUT2D eigenvalue weighted by Gasteiger charge is 2.12. The molecule has 5 nitrogen and oxygen atoms in total. The quantitative estimate of drug-likeness (QED) is 0.751. The van der Waals surface area contributed by atoms with Gasteiger partial charge in [-0.1, -0.05) is 41.9 Å². The third-order valence-electron chi connectivity index (χ3n) is 3.53. The van der Waals surface area contributed by atoms with Crippen LogP contribution < -0.4 is 10.1 Å². The highest BCUT2D eigenvalue weighted by atomic mass is 35.5. The molecule has 6 heteroatoms. The number of nitrogens with zero attached hydrogens (tertiary/aromatic N) is 1. The number of likely N-dealkylation sites (N-methyl/N-ethyl adjacent to an activating group) is 1. The molecule has 2 aromatic carbocycles. The third kappa shape index (κ3) is 5.63. The molecule has 0 aliphatic heterocycles. The van der Waals surface area contributed by atoms with E-state index in [0.29, 0.717) is 23.1 Å². The van der Waals surface area contributed by atoms with E-state index in [1.165, 1.54) is 11.0 Å². The summed E-state index contributed by atoms with van der Waals surface area (Å²) in [5.41, 5.74) is 1.32. The summed E-state index contributed by atoms with van der Waals surface area (Å²) in [7, 11) is 1.56. The second-order valence-electron chi connectivity index (χ2n) is 5.53. The van der Waals surface area contributed by atoms with Crippen LogP contribution in [0.3, 0.4) is 0 Å². The third-order valence-corrected chi connectivity index (χ3v) is 3.86. The van der Waals surface area contributed by atoms with Crippen LogP contribution in [0.4, 0.5) is 5.69 Å². The number of hydrogen-bond donors (Lipinski definition) is 1. The number of benzene rings is 2. The first-order valence-electron chi connectivity index (χ1n) is 8.20. The van der Waals surface area contributed by atoms with Crippen LogP contribution >= 0.6 is 11.6 Å². The number of nitrogens with one attached hydrogen (secondary N) is 1. The van der Waals surface area contributed by atoms with E-state index in [-0.39, 0.29) is 18.4 Å². The van der Waals surface area contributed by atoms with Gasteiger partial charge in [-0.15, -0.1) is 0 Å². The maximum absolute atomic E-state index is 12.2. The lowest BCUT2D eigenvalue weighted by Gasteiger charge is -2.15. The lowest BCUT2D eigenvalue weighted by atomic mass is 10.2. The van der Waals surface area contributed by atoms with Gasteiger partial charge in [0.25, 0.3) is 0 Å². The molecule has 2 aromatic rings. The molecule has 26 heavy (non-hydrogen) atoms. The summed E-state index contributed by atoms with van der Waals surface area (Å²) in [6.45, 7) is 2.36. The van der Waals surface area contributed by atoms with E-state index in [1.807, 2.05) is 31.2 Å². The molecule has 0 spiro atoms. The molecule has 2 rings (SSSR count). The molecule has 136 valence electrons. The monoisotopic (exact) mass is 372 g/mol. The van der Waals surface area contributed by atoms with E-state index in [4.69, 9.17) is 16.3 Å². The van der Waals surface area contributed by atoms with Gasteiger partial charge >= 0.3 is 0 Å². The number of carbonyl (C=O) groups excluding carboxylic acids is 2. The van der Waals surface area contributed by atoms with E-state index in [0.717, 1.165) is 5.56 Å². The summed E-state index contributed by atoms with van der Waals surface area (Å²) in [6, 6.07) is 14.4. The van der Waals surface area contributed by atoms with Crippen molar-refractivity contribution < 1.29 is 14.3 Å². The maximum atomic E-state index is 12.2. The largest absolute Gasteiger partial charge is 0.493 e. The first-order chi connectivity index (χ1) is 12.5. The van der Waals surface area contributed by atoms with Gasteiger partial charge in [-0.3, -0.25) is 9.59 Å². The zero-order chi connectivity index (χ0) is 18.9. The molecule has 0 aliphatic carbocycles. The highest BCUT2D eigenvalue weighted by molar-refractivity contribution is 6.33. The lowest BCUT2D eigenvalue weighted by Crippen LogP contribution is -2.33. The number of rotatable bonds is 7. The molecule has 0 saturated carbocycles. The lowest BCUT2D eigenvalue weighted by molar-refractivity contribution is -0.129. The van der Waals surface area contributed by atoms with Crippen molar-refractivity contribution in [2.45, 2.75) is 6.92 Å². The topological polar surface area (TPSA) is 58.6 Å². The van der Waals surface area contributed by atoms with Gasteiger partial charge in [0.1, 0.15) is 5.75 Å². The van der Waals surface area contributed by atoms with Crippen LogP contribution in [0.5, 0.6) is 5.75 Å². The van der Waals surface area contributed by atoms with Gasteiger partial charge in [0, 0.05) is 18.7 Å². The Kier molecular flexibility index (Phi) is 7.24. The van der Waals surface area contributed by atoms with Crippen molar-refractivity contribution in [1.82, 2.24) is 4.90 Å². The summed E-state index contributed by atoms with van der Waals surface area (Å²) >= 11 is 6.01. The minimum atomic E-state index is -0.322. The first kappa shape index (κ1) is 19.5. The van der Waals surface area contributed by atoms with Gasteiger partial charge in [0.05, 0.1) is 23.9 Å². The Hall–Kier alpha value is -2.79. The molecule has 0 radical (unpaired) electrons. The van der Waals surface area contributed by atoms with Crippen LogP contribution in [0.2, 0.25) is 5.02 Å². The van der Waals surface area contributed by atoms with Crippen molar-refractivity contribution in [3.05, 3.63) is 65.2 Å². The van der Waals surface area contributed by atoms with Crippen LogP contribution in [-0.4, -0.2) is 36.9 Å². The van der Waals surface area contributed by atoms with Gasteiger partial charge in [-0.2, -0.15) is 0 Å². The number of halogens is 1. The molecule has 0 unspecified atom stereocenters. The molecule has 0 saturated heterocycles. The second kappa shape index (κ2) is 9.63. The van der Waals surface area contributed by atoms with Crippen molar-refractivity contribution in [2.24, 2.45) is 0 Å². The molecule has 0 fully saturated rings. The number of amides is 2. The molecular formula is C20H21ClN2O3. The summed E-state index contributed by atoms with van der Waals surface area (Å²) < 4.78 is 5.52. The van der Waals surface area contributed by atoms with Crippen LogP contribution in [0.25, 0.3) is 6.08 Å². The van der Waals surface area contributed by atoms with Gasteiger partial charge in [0.15, 0.2) is 0 Å². The summed E-state index contributed by atoms with van der Waals surface area (Å²) in [6.07, 6.45) is 3.09. The number of ether oxygens (including phenoxy) is 1. The van der Waals surface area contributed by atoms with Gasteiger partial charge in [-0.25, -0.2) is 0 Å².